The number of amides is 2. The van der Waals surface area contributed by atoms with Gasteiger partial charge in [-0.2, -0.15) is 5.10 Å². The molecule has 0 spiro atoms. The van der Waals surface area contributed by atoms with Gasteiger partial charge in [-0.3, -0.25) is 9.59 Å². The first-order valence-corrected chi connectivity index (χ1v) is 12.1. The van der Waals surface area contributed by atoms with Gasteiger partial charge in [0.1, 0.15) is 11.4 Å². The Morgan fingerprint density at radius 3 is 2.58 bits per heavy atom. The lowest BCUT2D eigenvalue weighted by Crippen LogP contribution is -2.45. The van der Waals surface area contributed by atoms with Crippen molar-refractivity contribution in [1.29, 1.82) is 0 Å². The molecule has 0 atom stereocenters. The minimum atomic E-state index is -0.0403. The second-order valence-corrected chi connectivity index (χ2v) is 9.76. The zero-order chi connectivity index (χ0) is 21.4. The Hall–Kier alpha value is -2.67. The maximum absolute atomic E-state index is 13.4. The Kier molecular flexibility index (Phi) is 5.52. The first-order chi connectivity index (χ1) is 15.1. The molecule has 2 amide bonds. The highest BCUT2D eigenvalue weighted by Crippen LogP contribution is 2.34. The highest BCUT2D eigenvalue weighted by Gasteiger charge is 2.35. The molecule has 162 valence electrons. The molecule has 2 aliphatic rings. The number of para-hydroxylation sites is 1. The van der Waals surface area contributed by atoms with Crippen LogP contribution in [-0.4, -0.2) is 45.1 Å². The van der Waals surface area contributed by atoms with Crippen LogP contribution >= 0.6 is 11.3 Å². The Morgan fingerprint density at radius 2 is 1.87 bits per heavy atom. The largest absolute Gasteiger partial charge is 0.352 e. The maximum atomic E-state index is 13.4. The van der Waals surface area contributed by atoms with Gasteiger partial charge in [0, 0.05) is 17.5 Å². The molecule has 7 heteroatoms. The Labute approximate surface area is 186 Å². The van der Waals surface area contributed by atoms with Crippen LogP contribution in [0.2, 0.25) is 0 Å². The van der Waals surface area contributed by atoms with Crippen molar-refractivity contribution in [3.63, 3.8) is 0 Å². The van der Waals surface area contributed by atoms with Crippen molar-refractivity contribution in [3.05, 3.63) is 47.0 Å². The van der Waals surface area contributed by atoms with Crippen molar-refractivity contribution in [2.24, 2.45) is 0 Å². The summed E-state index contributed by atoms with van der Waals surface area (Å²) < 4.78 is 1.91. The van der Waals surface area contributed by atoms with E-state index in [1.165, 1.54) is 30.6 Å². The van der Waals surface area contributed by atoms with E-state index < -0.39 is 0 Å². The van der Waals surface area contributed by atoms with Crippen LogP contribution in [0.5, 0.6) is 0 Å². The summed E-state index contributed by atoms with van der Waals surface area (Å²) >= 11 is 1.46. The van der Waals surface area contributed by atoms with Crippen LogP contribution in [-0.2, 0) is 4.79 Å². The molecule has 2 saturated carbocycles. The number of hydrogen-bond acceptors (Lipinski definition) is 4. The molecule has 1 aromatic carbocycles. The Balaban J connectivity index is 1.37. The summed E-state index contributed by atoms with van der Waals surface area (Å²) in [5.74, 6) is -0.0681. The molecule has 0 unspecified atom stereocenters. The minimum Gasteiger partial charge on any atom is -0.352 e. The number of rotatable bonds is 6. The average molecular weight is 437 g/mol. The number of aromatic nitrogens is 2. The number of fused-ring (bicyclic) bond motifs is 1. The number of carbonyl (C=O) groups is 2. The van der Waals surface area contributed by atoms with Crippen LogP contribution in [0, 0.1) is 6.92 Å². The Morgan fingerprint density at radius 1 is 1.13 bits per heavy atom. The zero-order valence-electron chi connectivity index (χ0n) is 17.8. The van der Waals surface area contributed by atoms with E-state index in [0.717, 1.165) is 47.3 Å². The summed E-state index contributed by atoms with van der Waals surface area (Å²) in [5, 5.41) is 8.82. The normalized spacial score (nSPS) is 17.1. The van der Waals surface area contributed by atoms with Gasteiger partial charge in [0.15, 0.2) is 0 Å². The second kappa shape index (κ2) is 8.46. The molecule has 0 radical (unpaired) electrons. The fourth-order valence-corrected chi connectivity index (χ4v) is 5.61. The first kappa shape index (κ1) is 20.2. The standard InChI is InChI=1S/C24H28N4O2S/c1-16-20-14-21(31-24(20)28(26-16)19-10-6-3-7-11-19)23(30)27(18-12-13-18)15-22(29)25-17-8-4-2-5-9-17/h3,6-7,10-11,14,17-18H,2,4-5,8-9,12-13,15H2,1H3,(H,25,29). The number of nitrogens with one attached hydrogen (secondary N) is 1. The van der Waals surface area contributed by atoms with Crippen LogP contribution in [0.4, 0.5) is 0 Å². The average Bonchev–Trinajstić information content (AvgIpc) is 3.46. The lowest BCUT2D eigenvalue weighted by atomic mass is 9.95. The van der Waals surface area contributed by atoms with E-state index in [2.05, 4.69) is 10.4 Å². The molecular weight excluding hydrogens is 408 g/mol. The number of hydrogen-bond donors (Lipinski definition) is 1. The van der Waals surface area contributed by atoms with E-state index in [9.17, 15) is 9.59 Å². The van der Waals surface area contributed by atoms with Gasteiger partial charge in [0.2, 0.25) is 5.91 Å². The molecule has 1 N–H and O–H groups in total. The van der Waals surface area contributed by atoms with Crippen LogP contribution in [0.1, 0.15) is 60.3 Å². The summed E-state index contributed by atoms with van der Waals surface area (Å²) in [7, 11) is 0. The molecule has 5 rings (SSSR count). The highest BCUT2D eigenvalue weighted by molar-refractivity contribution is 7.20. The van der Waals surface area contributed by atoms with Gasteiger partial charge >= 0.3 is 0 Å². The topological polar surface area (TPSA) is 67.2 Å². The molecule has 31 heavy (non-hydrogen) atoms. The third-order valence-electron chi connectivity index (χ3n) is 6.29. The van der Waals surface area contributed by atoms with Gasteiger partial charge < -0.3 is 10.2 Å². The smallest absolute Gasteiger partial charge is 0.264 e. The maximum Gasteiger partial charge on any atom is 0.264 e. The van der Waals surface area contributed by atoms with E-state index in [-0.39, 0.29) is 30.4 Å². The number of aryl methyl sites for hydroxylation is 1. The van der Waals surface area contributed by atoms with Gasteiger partial charge in [-0.15, -0.1) is 11.3 Å². The van der Waals surface area contributed by atoms with Crippen LogP contribution < -0.4 is 5.32 Å². The van der Waals surface area contributed by atoms with Crippen LogP contribution in [0.15, 0.2) is 36.4 Å². The predicted molar refractivity (Wildman–Crippen MR) is 123 cm³/mol. The van der Waals surface area contributed by atoms with Crippen molar-refractivity contribution in [3.8, 4) is 5.69 Å². The van der Waals surface area contributed by atoms with Gasteiger partial charge in [-0.25, -0.2) is 4.68 Å². The van der Waals surface area contributed by atoms with Crippen molar-refractivity contribution in [1.82, 2.24) is 20.0 Å². The van der Waals surface area contributed by atoms with Crippen molar-refractivity contribution in [2.45, 2.75) is 64.0 Å². The quantitative estimate of drug-likeness (QED) is 0.621. The fourth-order valence-electron chi connectivity index (χ4n) is 4.47. The lowest BCUT2D eigenvalue weighted by Gasteiger charge is -2.26. The highest BCUT2D eigenvalue weighted by atomic mass is 32.1. The Bertz CT molecular complexity index is 1090. The fraction of sp³-hybridized carbons (Fsp3) is 0.458. The molecule has 3 aromatic rings. The van der Waals surface area contributed by atoms with Crippen molar-refractivity contribution >= 4 is 33.4 Å². The number of benzene rings is 1. The van der Waals surface area contributed by atoms with E-state index in [4.69, 9.17) is 0 Å². The summed E-state index contributed by atoms with van der Waals surface area (Å²) in [6.07, 6.45) is 7.66. The predicted octanol–water partition coefficient (Wildman–Crippen LogP) is 4.45. The van der Waals surface area contributed by atoms with Gasteiger partial charge in [0.05, 0.1) is 16.3 Å². The molecule has 0 aliphatic heterocycles. The van der Waals surface area contributed by atoms with E-state index in [1.54, 1.807) is 4.90 Å². The molecule has 0 saturated heterocycles. The number of nitrogens with zero attached hydrogens (tertiary/aromatic N) is 3. The molecular formula is C24H28N4O2S. The third-order valence-corrected chi connectivity index (χ3v) is 7.39. The van der Waals surface area contributed by atoms with E-state index in [0.29, 0.717) is 4.88 Å². The van der Waals surface area contributed by atoms with E-state index in [1.807, 2.05) is 48.0 Å². The monoisotopic (exact) mass is 436 g/mol. The molecule has 6 nitrogen and oxygen atoms in total. The van der Waals surface area contributed by atoms with Gasteiger partial charge in [0.25, 0.3) is 5.91 Å². The second-order valence-electron chi connectivity index (χ2n) is 8.73. The van der Waals surface area contributed by atoms with Crippen molar-refractivity contribution < 1.29 is 9.59 Å². The van der Waals surface area contributed by atoms with Gasteiger partial charge in [-0.1, -0.05) is 37.5 Å². The van der Waals surface area contributed by atoms with Crippen LogP contribution in [0.3, 0.4) is 0 Å². The lowest BCUT2D eigenvalue weighted by molar-refractivity contribution is -0.122. The molecule has 0 bridgehead atoms. The third kappa shape index (κ3) is 4.24. The molecule has 2 heterocycles. The molecule has 2 aliphatic carbocycles. The zero-order valence-corrected chi connectivity index (χ0v) is 18.7. The molecule has 2 fully saturated rings. The summed E-state index contributed by atoms with van der Waals surface area (Å²) in [6, 6.07) is 12.4. The van der Waals surface area contributed by atoms with E-state index >= 15 is 0 Å². The molecule has 2 aromatic heterocycles. The van der Waals surface area contributed by atoms with Gasteiger partial charge in [-0.05, 0) is 50.8 Å². The number of thiophene rings is 1. The minimum absolute atomic E-state index is 0.0279. The first-order valence-electron chi connectivity index (χ1n) is 11.2. The van der Waals surface area contributed by atoms with Crippen molar-refractivity contribution in [2.75, 3.05) is 6.54 Å². The summed E-state index contributed by atoms with van der Waals surface area (Å²) in [5.41, 5.74) is 1.88. The summed E-state index contributed by atoms with van der Waals surface area (Å²) in [6.45, 7) is 2.12. The summed E-state index contributed by atoms with van der Waals surface area (Å²) in [4.78, 5) is 29.5. The SMILES string of the molecule is Cc1nn(-c2ccccc2)c2sc(C(=O)N(CC(=O)NC3CCCCC3)C3CC3)cc12. The van der Waals surface area contributed by atoms with Crippen LogP contribution in [0.25, 0.3) is 15.9 Å². The number of carbonyl (C=O) groups excluding carboxylic acids is 2.